The molecule has 2 heterocycles. The molecule has 3 aromatic carbocycles. The molecule has 3 aromatic rings. The molecular formula is C35H32ClN3O11. The number of primary amides is 1. The van der Waals surface area contributed by atoms with Gasteiger partial charge in [0.25, 0.3) is 0 Å². The molecule has 2 aliphatic heterocycles. The number of aliphatic hydroxyl groups excluding tert-OH is 1. The maximum absolute atomic E-state index is 14.3. The second kappa shape index (κ2) is 13.3. The normalized spacial score (nSPS) is 19.5. The zero-order chi connectivity index (χ0) is 35.9. The smallest absolute Gasteiger partial charge is 0.248 e. The standard InChI is InChI=1S/C35H32ClN3O11/c1-16-10-21(40)28(32(43)35(16)33(44)29-24(46-2)13-25(47-3)30(36)31(29)50-35)20(18-6-9-22-23(11-18)49-15-48-22)12-26(41)38-14-27(42)39-19-7-4-17(5-8-19)34(37)45/h4-9,11,13,16,20,43H,10,12,14-15H2,1-3H3,(H2,37,45)(H,38,41)(H,39,42). The molecule has 14 nitrogen and oxygen atoms in total. The van der Waals surface area contributed by atoms with Crippen LogP contribution in [0.1, 0.15) is 52.0 Å². The molecule has 0 saturated carbocycles. The highest BCUT2D eigenvalue weighted by molar-refractivity contribution is 6.35. The van der Waals surface area contributed by atoms with Gasteiger partial charge in [-0.25, -0.2) is 0 Å². The molecule has 0 radical (unpaired) electrons. The highest BCUT2D eigenvalue weighted by atomic mass is 35.5. The molecule has 3 aliphatic rings. The van der Waals surface area contributed by atoms with E-state index in [4.69, 9.17) is 41.0 Å². The molecule has 1 aliphatic carbocycles. The Bertz CT molecular complexity index is 1980. The van der Waals surface area contributed by atoms with Crippen LogP contribution in [0.3, 0.4) is 0 Å². The van der Waals surface area contributed by atoms with Crippen molar-refractivity contribution in [2.24, 2.45) is 11.7 Å². The van der Waals surface area contributed by atoms with Crippen molar-refractivity contribution in [3.8, 4) is 28.7 Å². The number of allylic oxidation sites excluding steroid dienone is 1. The van der Waals surface area contributed by atoms with Gasteiger partial charge in [-0.3, -0.25) is 24.0 Å². The minimum Gasteiger partial charge on any atom is -0.507 e. The van der Waals surface area contributed by atoms with Crippen molar-refractivity contribution >= 4 is 46.6 Å². The monoisotopic (exact) mass is 705 g/mol. The highest BCUT2D eigenvalue weighted by Gasteiger charge is 2.61. The van der Waals surface area contributed by atoms with Gasteiger partial charge in [0.1, 0.15) is 22.1 Å². The van der Waals surface area contributed by atoms with Gasteiger partial charge in [-0.2, -0.15) is 0 Å². The Balaban J connectivity index is 1.34. The number of fused-ring (bicyclic) bond motifs is 2. The van der Waals surface area contributed by atoms with E-state index in [0.29, 0.717) is 22.7 Å². The average molecular weight is 706 g/mol. The lowest BCUT2D eigenvalue weighted by Gasteiger charge is -2.38. The van der Waals surface area contributed by atoms with Gasteiger partial charge < -0.3 is 45.2 Å². The number of anilines is 1. The lowest BCUT2D eigenvalue weighted by atomic mass is 9.69. The summed E-state index contributed by atoms with van der Waals surface area (Å²) in [6.45, 7) is 1.11. The van der Waals surface area contributed by atoms with Crippen LogP contribution in [0.2, 0.25) is 5.02 Å². The number of ketones is 2. The van der Waals surface area contributed by atoms with Gasteiger partial charge in [0.05, 0.1) is 20.8 Å². The van der Waals surface area contributed by atoms with Crippen molar-refractivity contribution in [2.45, 2.75) is 31.3 Å². The van der Waals surface area contributed by atoms with Crippen molar-refractivity contribution < 1.29 is 52.8 Å². The molecule has 0 fully saturated rings. The summed E-state index contributed by atoms with van der Waals surface area (Å²) in [6.07, 6.45) is -0.648. The van der Waals surface area contributed by atoms with Crippen molar-refractivity contribution in [3.63, 3.8) is 0 Å². The van der Waals surface area contributed by atoms with Crippen molar-refractivity contribution in [2.75, 3.05) is 32.9 Å². The number of amides is 3. The van der Waals surface area contributed by atoms with E-state index in [1.165, 1.54) is 44.6 Å². The Kier molecular flexibility index (Phi) is 9.06. The fourth-order valence-electron chi connectivity index (χ4n) is 6.41. The molecule has 50 heavy (non-hydrogen) atoms. The molecular weight excluding hydrogens is 674 g/mol. The van der Waals surface area contributed by atoms with E-state index in [1.807, 2.05) is 0 Å². The molecule has 3 amide bonds. The van der Waals surface area contributed by atoms with Gasteiger partial charge in [-0.15, -0.1) is 0 Å². The van der Waals surface area contributed by atoms with Gasteiger partial charge in [-0.1, -0.05) is 24.6 Å². The number of Topliss-reactive ketones (excluding diaryl/α,β-unsaturated/α-hetero) is 2. The first-order valence-electron chi connectivity index (χ1n) is 15.4. The summed E-state index contributed by atoms with van der Waals surface area (Å²) in [6, 6.07) is 12.1. The zero-order valence-corrected chi connectivity index (χ0v) is 27.8. The summed E-state index contributed by atoms with van der Waals surface area (Å²) in [5.41, 5.74) is 3.94. The van der Waals surface area contributed by atoms with E-state index in [0.717, 1.165) is 0 Å². The number of nitrogens with two attached hydrogens (primary N) is 1. The lowest BCUT2D eigenvalue weighted by Crippen LogP contribution is -2.53. The van der Waals surface area contributed by atoms with E-state index < -0.39 is 65.4 Å². The van der Waals surface area contributed by atoms with Crippen LogP contribution in [0.25, 0.3) is 0 Å². The Morgan fingerprint density at radius 3 is 2.40 bits per heavy atom. The molecule has 5 N–H and O–H groups in total. The van der Waals surface area contributed by atoms with E-state index in [-0.39, 0.29) is 52.2 Å². The number of rotatable bonds is 10. The minimum absolute atomic E-state index is 0.0271. The van der Waals surface area contributed by atoms with Crippen molar-refractivity contribution in [1.29, 1.82) is 0 Å². The second-order valence-corrected chi connectivity index (χ2v) is 12.3. The molecule has 3 atom stereocenters. The molecule has 3 unspecified atom stereocenters. The van der Waals surface area contributed by atoms with Crippen LogP contribution in [0.4, 0.5) is 5.69 Å². The summed E-state index contributed by atoms with van der Waals surface area (Å²) in [5, 5.41) is 17.2. The summed E-state index contributed by atoms with van der Waals surface area (Å²) in [5.74, 6) is -4.73. The Labute approximate surface area is 290 Å². The molecule has 0 bridgehead atoms. The first-order valence-corrected chi connectivity index (χ1v) is 15.8. The number of benzene rings is 3. The Hall–Kier alpha value is -5.76. The third-order valence-electron chi connectivity index (χ3n) is 8.95. The zero-order valence-electron chi connectivity index (χ0n) is 27.1. The predicted molar refractivity (Wildman–Crippen MR) is 177 cm³/mol. The lowest BCUT2D eigenvalue weighted by molar-refractivity contribution is -0.124. The summed E-state index contributed by atoms with van der Waals surface area (Å²) >= 11 is 6.57. The maximum Gasteiger partial charge on any atom is 0.248 e. The largest absolute Gasteiger partial charge is 0.507 e. The third-order valence-corrected chi connectivity index (χ3v) is 9.31. The van der Waals surface area contributed by atoms with Crippen LogP contribution in [-0.2, 0) is 14.4 Å². The van der Waals surface area contributed by atoms with E-state index in [9.17, 15) is 29.1 Å². The van der Waals surface area contributed by atoms with Gasteiger partial charge in [0, 0.05) is 47.6 Å². The number of carbonyl (C=O) groups excluding carboxylic acids is 5. The molecule has 15 heteroatoms. The Morgan fingerprint density at radius 2 is 1.72 bits per heavy atom. The first-order chi connectivity index (χ1) is 23.9. The van der Waals surface area contributed by atoms with E-state index in [1.54, 1.807) is 25.1 Å². The number of hydrogen-bond acceptors (Lipinski definition) is 11. The first kappa shape index (κ1) is 34.1. The van der Waals surface area contributed by atoms with Crippen LogP contribution in [0, 0.1) is 5.92 Å². The molecule has 1 spiro atoms. The van der Waals surface area contributed by atoms with E-state index in [2.05, 4.69) is 10.6 Å². The summed E-state index contributed by atoms with van der Waals surface area (Å²) < 4.78 is 28.0. The minimum atomic E-state index is -2.08. The number of nitrogens with one attached hydrogen (secondary N) is 2. The number of aliphatic hydroxyl groups is 1. The summed E-state index contributed by atoms with van der Waals surface area (Å²) in [4.78, 5) is 65.6. The summed E-state index contributed by atoms with van der Waals surface area (Å²) in [7, 11) is 2.73. The maximum atomic E-state index is 14.3. The quantitative estimate of drug-likeness (QED) is 0.239. The van der Waals surface area contributed by atoms with Gasteiger partial charge in [0.2, 0.25) is 35.9 Å². The van der Waals surface area contributed by atoms with Gasteiger partial charge in [-0.05, 0) is 42.0 Å². The van der Waals surface area contributed by atoms with Crippen LogP contribution >= 0.6 is 11.6 Å². The van der Waals surface area contributed by atoms with Crippen molar-refractivity contribution in [1.82, 2.24) is 5.32 Å². The van der Waals surface area contributed by atoms with Crippen LogP contribution in [0.5, 0.6) is 28.7 Å². The third kappa shape index (κ3) is 5.81. The molecule has 260 valence electrons. The molecule has 6 rings (SSSR count). The van der Waals surface area contributed by atoms with Crippen LogP contribution in [0.15, 0.2) is 59.9 Å². The predicted octanol–water partition coefficient (Wildman–Crippen LogP) is 3.85. The van der Waals surface area contributed by atoms with Crippen LogP contribution in [-0.4, -0.2) is 67.6 Å². The number of methoxy groups -OCH3 is 2. The van der Waals surface area contributed by atoms with Gasteiger partial charge in [0.15, 0.2) is 28.8 Å². The van der Waals surface area contributed by atoms with Crippen LogP contribution < -0.4 is 40.1 Å². The average Bonchev–Trinajstić information content (AvgIpc) is 3.69. The highest BCUT2D eigenvalue weighted by Crippen LogP contribution is 2.56. The number of hydrogen-bond donors (Lipinski definition) is 4. The SMILES string of the molecule is COc1cc(OC)c2c(c1Cl)OC1(C2=O)C(O)=C(C(CC(=O)NCC(=O)Nc2ccc(C(N)=O)cc2)c2ccc3c(c2)OCO3)C(=O)CC1C. The second-order valence-electron chi connectivity index (χ2n) is 11.9. The topological polar surface area (TPSA) is 202 Å². The fourth-order valence-corrected chi connectivity index (χ4v) is 6.68. The van der Waals surface area contributed by atoms with Gasteiger partial charge >= 0.3 is 0 Å². The number of halogens is 1. The Morgan fingerprint density at radius 1 is 1.02 bits per heavy atom. The molecule has 0 aromatic heterocycles. The van der Waals surface area contributed by atoms with E-state index >= 15 is 0 Å². The fraction of sp³-hybridized carbons (Fsp3) is 0.286. The number of carbonyl (C=O) groups is 5. The number of ether oxygens (including phenoxy) is 5. The van der Waals surface area contributed by atoms with Crippen molar-refractivity contribution in [3.05, 3.63) is 81.6 Å². The molecule has 0 saturated heterocycles.